The Balaban J connectivity index is 1.19. The molecule has 2 aliphatic rings. The molecule has 1 aliphatic heterocycles. The molecule has 0 aromatic heterocycles. The Morgan fingerprint density at radius 1 is 0.788 bits per heavy atom. The Kier molecular flexibility index (Phi) is 9.17. The van der Waals surface area contributed by atoms with E-state index in [2.05, 4.69) is 13.0 Å². The normalized spacial score (nSPS) is 25.8. The first-order valence-corrected chi connectivity index (χ1v) is 16.1. The molecule has 0 atom stereocenters. The van der Waals surface area contributed by atoms with Gasteiger partial charge in [-0.05, 0) is 72.8 Å². The minimum Gasteiger partial charge on any atom is -0.207 e. The number of benzene rings is 2. The molecular formula is C30H42F2Si. The maximum absolute atomic E-state index is 14.8. The van der Waals surface area contributed by atoms with Gasteiger partial charge in [0.2, 0.25) is 0 Å². The third-order valence-corrected chi connectivity index (χ3v) is 12.2. The van der Waals surface area contributed by atoms with Crippen LogP contribution in [0.5, 0.6) is 0 Å². The number of unbranched alkanes of at least 4 members (excludes halogenated alkanes) is 2. The van der Waals surface area contributed by atoms with Crippen molar-refractivity contribution in [3.8, 4) is 11.1 Å². The van der Waals surface area contributed by atoms with Crippen LogP contribution in [0.2, 0.25) is 18.1 Å². The zero-order valence-corrected chi connectivity index (χ0v) is 21.7. The Bertz CT molecular complexity index is 846. The van der Waals surface area contributed by atoms with Crippen molar-refractivity contribution in [2.75, 3.05) is 0 Å². The first kappa shape index (κ1) is 24.6. The summed E-state index contributed by atoms with van der Waals surface area (Å²) < 4.78 is 28.0. The van der Waals surface area contributed by atoms with Crippen LogP contribution in [0.3, 0.4) is 0 Å². The maximum atomic E-state index is 14.8. The maximum Gasteiger partial charge on any atom is 0.131 e. The summed E-state index contributed by atoms with van der Waals surface area (Å²) in [5.41, 5.74) is 2.44. The first-order chi connectivity index (χ1) is 16.1. The molecule has 0 spiro atoms. The van der Waals surface area contributed by atoms with Crippen LogP contribution in [0.1, 0.15) is 89.0 Å². The van der Waals surface area contributed by atoms with Crippen molar-refractivity contribution >= 4 is 8.80 Å². The third kappa shape index (κ3) is 7.01. The Morgan fingerprint density at radius 3 is 2.09 bits per heavy atom. The van der Waals surface area contributed by atoms with Crippen molar-refractivity contribution in [1.29, 1.82) is 0 Å². The average Bonchev–Trinajstić information content (AvgIpc) is 2.85. The second-order valence-corrected chi connectivity index (χ2v) is 14.4. The van der Waals surface area contributed by atoms with Gasteiger partial charge >= 0.3 is 0 Å². The molecule has 180 valence electrons. The van der Waals surface area contributed by atoms with Gasteiger partial charge in [0.1, 0.15) is 11.6 Å². The Morgan fingerprint density at radius 2 is 1.45 bits per heavy atom. The minimum absolute atomic E-state index is 0.185. The van der Waals surface area contributed by atoms with E-state index in [1.165, 1.54) is 82.8 Å². The highest BCUT2D eigenvalue weighted by Gasteiger charge is 2.26. The lowest BCUT2D eigenvalue weighted by Gasteiger charge is -2.32. The van der Waals surface area contributed by atoms with E-state index >= 15 is 0 Å². The molecule has 2 aromatic rings. The Hall–Kier alpha value is -1.48. The molecule has 0 nitrogen and oxygen atoms in total. The molecule has 1 saturated heterocycles. The number of halogens is 2. The predicted molar refractivity (Wildman–Crippen MR) is 140 cm³/mol. The summed E-state index contributed by atoms with van der Waals surface area (Å²) in [4.78, 5) is 0. The molecule has 2 aromatic carbocycles. The fourth-order valence-corrected chi connectivity index (χ4v) is 10.0. The first-order valence-electron chi connectivity index (χ1n) is 13.7. The lowest BCUT2D eigenvalue weighted by Crippen LogP contribution is -2.22. The predicted octanol–water partition coefficient (Wildman–Crippen LogP) is 9.51. The molecule has 33 heavy (non-hydrogen) atoms. The number of hydrogen-bond donors (Lipinski definition) is 0. The van der Waals surface area contributed by atoms with Gasteiger partial charge < -0.3 is 0 Å². The van der Waals surface area contributed by atoms with E-state index in [-0.39, 0.29) is 20.4 Å². The molecule has 0 bridgehead atoms. The van der Waals surface area contributed by atoms with Crippen molar-refractivity contribution in [1.82, 2.24) is 0 Å². The molecule has 4 rings (SSSR count). The van der Waals surface area contributed by atoms with E-state index < -0.39 is 0 Å². The molecule has 1 aliphatic carbocycles. The number of hydrogen-bond acceptors (Lipinski definition) is 0. The summed E-state index contributed by atoms with van der Waals surface area (Å²) in [6.45, 7) is 2.32. The molecule has 0 unspecified atom stereocenters. The quantitative estimate of drug-likeness (QED) is 0.254. The summed E-state index contributed by atoms with van der Waals surface area (Å²) in [7, 11) is -0.376. The third-order valence-electron chi connectivity index (χ3n) is 8.63. The molecule has 2 fully saturated rings. The molecule has 0 radical (unpaired) electrons. The van der Waals surface area contributed by atoms with Gasteiger partial charge in [0.15, 0.2) is 0 Å². The topological polar surface area (TPSA) is 0 Å². The molecule has 0 N–H and O–H groups in total. The zero-order valence-electron chi connectivity index (χ0n) is 20.5. The summed E-state index contributed by atoms with van der Waals surface area (Å²) in [6.07, 6.45) is 15.2. The SMILES string of the molecule is CCCCC[Si@H]1CC[C@H](CC[C@H]2CC[C@H](c3ccc(-c4ccc(F)cc4)c(F)c3)CC2)CC1. The van der Waals surface area contributed by atoms with Crippen LogP contribution >= 0.6 is 0 Å². The van der Waals surface area contributed by atoms with E-state index in [1.807, 2.05) is 6.07 Å². The van der Waals surface area contributed by atoms with Crippen molar-refractivity contribution in [2.24, 2.45) is 11.8 Å². The van der Waals surface area contributed by atoms with Crippen LogP contribution in [-0.4, -0.2) is 8.80 Å². The molecular weight excluding hydrogens is 426 g/mol. The summed E-state index contributed by atoms with van der Waals surface area (Å²) >= 11 is 0. The van der Waals surface area contributed by atoms with Crippen LogP contribution < -0.4 is 0 Å². The second-order valence-electron chi connectivity index (χ2n) is 10.9. The summed E-state index contributed by atoms with van der Waals surface area (Å²) in [5, 5.41) is 0. The fourth-order valence-electron chi connectivity index (χ4n) is 6.40. The fraction of sp³-hybridized carbons (Fsp3) is 0.600. The van der Waals surface area contributed by atoms with E-state index in [9.17, 15) is 8.78 Å². The standard InChI is InChI=1S/C30H42F2Si/c1-2-3-4-19-33-20-17-24(18-21-33)6-5-23-7-9-25(10-8-23)27-13-16-29(30(32)22-27)26-11-14-28(31)15-12-26/h11-16,22-25,33H,2-10,17-21H2,1H3/t23-,24-,25-,33-. The van der Waals surface area contributed by atoms with Crippen LogP contribution in [0.4, 0.5) is 8.78 Å². The summed E-state index contributed by atoms with van der Waals surface area (Å²) in [6, 6.07) is 16.6. The largest absolute Gasteiger partial charge is 0.207 e. The Labute approximate surface area is 201 Å². The van der Waals surface area contributed by atoms with Gasteiger partial charge in [-0.3, -0.25) is 0 Å². The zero-order chi connectivity index (χ0) is 23.0. The molecule has 1 heterocycles. The van der Waals surface area contributed by atoms with Crippen molar-refractivity contribution < 1.29 is 8.78 Å². The number of rotatable bonds is 9. The second kappa shape index (κ2) is 12.3. The van der Waals surface area contributed by atoms with Crippen molar-refractivity contribution in [3.63, 3.8) is 0 Å². The summed E-state index contributed by atoms with van der Waals surface area (Å²) in [5.74, 6) is 1.90. The lowest BCUT2D eigenvalue weighted by atomic mass is 9.76. The van der Waals surface area contributed by atoms with Gasteiger partial charge in [-0.15, -0.1) is 0 Å². The van der Waals surface area contributed by atoms with Crippen LogP contribution in [-0.2, 0) is 0 Å². The van der Waals surface area contributed by atoms with Gasteiger partial charge in [-0.1, -0.05) is 94.3 Å². The monoisotopic (exact) mass is 468 g/mol. The van der Waals surface area contributed by atoms with E-state index in [0.717, 1.165) is 23.0 Å². The molecule has 3 heteroatoms. The van der Waals surface area contributed by atoms with E-state index in [0.29, 0.717) is 11.5 Å². The van der Waals surface area contributed by atoms with Crippen molar-refractivity contribution in [3.05, 3.63) is 59.7 Å². The van der Waals surface area contributed by atoms with Crippen LogP contribution in [0.25, 0.3) is 11.1 Å². The highest BCUT2D eigenvalue weighted by molar-refractivity contribution is 6.58. The average molecular weight is 469 g/mol. The van der Waals surface area contributed by atoms with Gasteiger partial charge in [0, 0.05) is 14.4 Å². The molecule has 1 saturated carbocycles. The van der Waals surface area contributed by atoms with Gasteiger partial charge in [0.05, 0.1) is 0 Å². The minimum atomic E-state index is -0.376. The highest BCUT2D eigenvalue weighted by atomic mass is 28.3. The smallest absolute Gasteiger partial charge is 0.131 e. The van der Waals surface area contributed by atoms with E-state index in [1.54, 1.807) is 36.3 Å². The van der Waals surface area contributed by atoms with Crippen molar-refractivity contribution in [2.45, 2.75) is 102 Å². The van der Waals surface area contributed by atoms with Crippen LogP contribution in [0, 0.1) is 23.5 Å². The molecule has 0 amide bonds. The van der Waals surface area contributed by atoms with Crippen LogP contribution in [0.15, 0.2) is 42.5 Å². The highest BCUT2D eigenvalue weighted by Crippen LogP contribution is 2.40. The van der Waals surface area contributed by atoms with E-state index in [4.69, 9.17) is 0 Å². The van der Waals surface area contributed by atoms with Gasteiger partial charge in [-0.25, -0.2) is 8.78 Å². The van der Waals surface area contributed by atoms with Gasteiger partial charge in [0.25, 0.3) is 0 Å². The lowest BCUT2D eigenvalue weighted by molar-refractivity contribution is 0.280. The van der Waals surface area contributed by atoms with Gasteiger partial charge in [-0.2, -0.15) is 0 Å².